The highest BCUT2D eigenvalue weighted by Gasteiger charge is 2.14. The van der Waals surface area contributed by atoms with Crippen LogP contribution in [0.3, 0.4) is 0 Å². The molecule has 0 aromatic heterocycles. The van der Waals surface area contributed by atoms with Gasteiger partial charge in [-0.25, -0.2) is 0 Å². The largest absolute Gasteiger partial charge is 0.508 e. The van der Waals surface area contributed by atoms with Gasteiger partial charge in [-0.05, 0) is 25.1 Å². The number of benzene rings is 1. The fraction of sp³-hybridized carbons (Fsp3) is 0.300. The van der Waals surface area contributed by atoms with E-state index in [1.807, 2.05) is 6.92 Å². The maximum Gasteiger partial charge on any atom is 0.257 e. The van der Waals surface area contributed by atoms with Crippen LogP contribution in [0.5, 0.6) is 11.5 Å². The van der Waals surface area contributed by atoms with E-state index in [0.717, 1.165) is 0 Å². The number of hydrogen-bond acceptors (Lipinski definition) is 3. The molecule has 0 saturated carbocycles. The second-order valence-corrected chi connectivity index (χ2v) is 3.02. The number of aromatic hydroxyl groups is 2. The van der Waals surface area contributed by atoms with Crippen LogP contribution in [0.1, 0.15) is 17.3 Å². The van der Waals surface area contributed by atoms with Crippen LogP contribution in [-0.2, 0) is 0 Å². The van der Waals surface area contributed by atoms with Crippen molar-refractivity contribution in [1.82, 2.24) is 4.90 Å². The molecule has 0 unspecified atom stereocenters. The van der Waals surface area contributed by atoms with E-state index >= 15 is 0 Å². The lowest BCUT2D eigenvalue weighted by Gasteiger charge is -2.15. The van der Waals surface area contributed by atoms with Crippen molar-refractivity contribution >= 4 is 5.91 Å². The summed E-state index contributed by atoms with van der Waals surface area (Å²) in [6.45, 7) is 2.38. The molecular formula is C10H13NO3. The Morgan fingerprint density at radius 2 is 2.07 bits per heavy atom. The summed E-state index contributed by atoms with van der Waals surface area (Å²) in [7, 11) is 1.63. The van der Waals surface area contributed by atoms with Crippen LogP contribution in [0.15, 0.2) is 18.2 Å². The Labute approximate surface area is 82.4 Å². The first-order valence-electron chi connectivity index (χ1n) is 4.33. The zero-order valence-corrected chi connectivity index (χ0v) is 8.19. The van der Waals surface area contributed by atoms with Crippen molar-refractivity contribution in [2.75, 3.05) is 13.6 Å². The fourth-order valence-electron chi connectivity index (χ4n) is 1.04. The molecule has 0 radical (unpaired) electrons. The predicted molar refractivity (Wildman–Crippen MR) is 52.4 cm³/mol. The quantitative estimate of drug-likeness (QED) is 0.697. The number of hydrogen-bond donors (Lipinski definition) is 2. The lowest BCUT2D eigenvalue weighted by Crippen LogP contribution is -2.26. The summed E-state index contributed by atoms with van der Waals surface area (Å²) in [6.07, 6.45) is 0. The monoisotopic (exact) mass is 195 g/mol. The Morgan fingerprint density at radius 3 is 2.64 bits per heavy atom. The third-order valence-electron chi connectivity index (χ3n) is 2.03. The van der Waals surface area contributed by atoms with Gasteiger partial charge in [0, 0.05) is 13.6 Å². The summed E-state index contributed by atoms with van der Waals surface area (Å²) < 4.78 is 0. The van der Waals surface area contributed by atoms with Gasteiger partial charge in [-0.3, -0.25) is 4.79 Å². The number of amides is 1. The van der Waals surface area contributed by atoms with Crippen molar-refractivity contribution in [1.29, 1.82) is 0 Å². The van der Waals surface area contributed by atoms with Crippen molar-refractivity contribution in [3.8, 4) is 11.5 Å². The minimum Gasteiger partial charge on any atom is -0.508 e. The summed E-state index contributed by atoms with van der Waals surface area (Å²) in [4.78, 5) is 13.1. The van der Waals surface area contributed by atoms with Gasteiger partial charge in [-0.2, -0.15) is 0 Å². The molecule has 0 aliphatic carbocycles. The molecule has 0 heterocycles. The predicted octanol–water partition coefficient (Wildman–Crippen LogP) is 1.19. The van der Waals surface area contributed by atoms with E-state index in [0.29, 0.717) is 6.54 Å². The normalized spacial score (nSPS) is 9.86. The van der Waals surface area contributed by atoms with E-state index in [1.165, 1.54) is 23.1 Å². The molecule has 0 atom stereocenters. The van der Waals surface area contributed by atoms with Gasteiger partial charge in [0.15, 0.2) is 0 Å². The van der Waals surface area contributed by atoms with Crippen LogP contribution in [-0.4, -0.2) is 34.6 Å². The van der Waals surface area contributed by atoms with Gasteiger partial charge in [-0.15, -0.1) is 0 Å². The summed E-state index contributed by atoms with van der Waals surface area (Å²) in [6, 6.07) is 3.88. The van der Waals surface area contributed by atoms with Crippen molar-refractivity contribution in [3.05, 3.63) is 23.8 Å². The number of carbonyl (C=O) groups excluding carboxylic acids is 1. The first-order valence-corrected chi connectivity index (χ1v) is 4.33. The lowest BCUT2D eigenvalue weighted by molar-refractivity contribution is 0.0799. The molecule has 1 rings (SSSR count). The second kappa shape index (κ2) is 4.00. The number of phenolic OH excluding ortho intramolecular Hbond substituents is 2. The van der Waals surface area contributed by atoms with Crippen LogP contribution in [0, 0.1) is 0 Å². The van der Waals surface area contributed by atoms with E-state index in [4.69, 9.17) is 5.11 Å². The first-order chi connectivity index (χ1) is 6.56. The SMILES string of the molecule is CCN(C)C(=O)c1cc(O)ccc1O. The van der Waals surface area contributed by atoms with E-state index in [-0.39, 0.29) is 23.0 Å². The fourth-order valence-corrected chi connectivity index (χ4v) is 1.04. The summed E-state index contributed by atoms with van der Waals surface area (Å²) in [5, 5.41) is 18.6. The standard InChI is InChI=1S/C10H13NO3/c1-3-11(2)10(14)8-6-7(12)4-5-9(8)13/h4-6,12-13H,3H2,1-2H3. The molecular weight excluding hydrogens is 182 g/mol. The average Bonchev–Trinajstić information content (AvgIpc) is 2.19. The maximum absolute atomic E-state index is 11.6. The molecule has 1 aromatic rings. The van der Waals surface area contributed by atoms with Crippen molar-refractivity contribution < 1.29 is 15.0 Å². The number of carbonyl (C=O) groups is 1. The third-order valence-corrected chi connectivity index (χ3v) is 2.03. The molecule has 4 nitrogen and oxygen atoms in total. The van der Waals surface area contributed by atoms with Crippen LogP contribution in [0.4, 0.5) is 0 Å². The molecule has 0 fully saturated rings. The third kappa shape index (κ3) is 1.96. The maximum atomic E-state index is 11.6. The molecule has 1 amide bonds. The molecule has 0 aliphatic heterocycles. The van der Waals surface area contributed by atoms with Gasteiger partial charge in [0.2, 0.25) is 0 Å². The number of nitrogens with zero attached hydrogens (tertiary/aromatic N) is 1. The van der Waals surface area contributed by atoms with Gasteiger partial charge < -0.3 is 15.1 Å². The summed E-state index contributed by atoms with van der Waals surface area (Å²) in [5.41, 5.74) is 0.120. The van der Waals surface area contributed by atoms with Crippen LogP contribution in [0.2, 0.25) is 0 Å². The highest BCUT2D eigenvalue weighted by atomic mass is 16.3. The summed E-state index contributed by atoms with van der Waals surface area (Å²) >= 11 is 0. The van der Waals surface area contributed by atoms with Crippen molar-refractivity contribution in [2.24, 2.45) is 0 Å². The number of phenols is 2. The molecule has 0 spiro atoms. The molecule has 0 aliphatic rings. The topological polar surface area (TPSA) is 60.8 Å². The minimum atomic E-state index is -0.305. The van der Waals surface area contributed by atoms with Gasteiger partial charge >= 0.3 is 0 Å². The number of rotatable bonds is 2. The van der Waals surface area contributed by atoms with E-state index in [2.05, 4.69) is 0 Å². The van der Waals surface area contributed by atoms with Crippen LogP contribution in [0.25, 0.3) is 0 Å². The lowest BCUT2D eigenvalue weighted by atomic mass is 10.1. The molecule has 2 N–H and O–H groups in total. The van der Waals surface area contributed by atoms with E-state index in [9.17, 15) is 9.90 Å². The molecule has 0 bridgehead atoms. The van der Waals surface area contributed by atoms with Crippen LogP contribution >= 0.6 is 0 Å². The van der Waals surface area contributed by atoms with Gasteiger partial charge in [0.1, 0.15) is 11.5 Å². The first kappa shape index (κ1) is 10.4. The molecule has 14 heavy (non-hydrogen) atoms. The molecule has 76 valence electrons. The Balaban J connectivity index is 3.06. The smallest absolute Gasteiger partial charge is 0.257 e. The zero-order chi connectivity index (χ0) is 10.7. The Hall–Kier alpha value is -1.71. The molecule has 1 aromatic carbocycles. The van der Waals surface area contributed by atoms with Gasteiger partial charge in [0.25, 0.3) is 5.91 Å². The van der Waals surface area contributed by atoms with E-state index in [1.54, 1.807) is 7.05 Å². The summed E-state index contributed by atoms with van der Waals surface area (Å²) in [5.74, 6) is -0.454. The Bertz CT molecular complexity index is 349. The average molecular weight is 195 g/mol. The van der Waals surface area contributed by atoms with Crippen LogP contribution < -0.4 is 0 Å². The van der Waals surface area contributed by atoms with Crippen molar-refractivity contribution in [3.63, 3.8) is 0 Å². The molecule has 0 saturated heterocycles. The Kier molecular flexibility index (Phi) is 2.96. The van der Waals surface area contributed by atoms with Gasteiger partial charge in [0.05, 0.1) is 5.56 Å². The van der Waals surface area contributed by atoms with Crippen molar-refractivity contribution in [2.45, 2.75) is 6.92 Å². The van der Waals surface area contributed by atoms with E-state index < -0.39 is 0 Å². The highest BCUT2D eigenvalue weighted by Crippen LogP contribution is 2.22. The minimum absolute atomic E-state index is 0.0318. The molecule has 4 heteroatoms. The highest BCUT2D eigenvalue weighted by molar-refractivity contribution is 5.97. The van der Waals surface area contributed by atoms with Gasteiger partial charge in [-0.1, -0.05) is 0 Å². The zero-order valence-electron chi connectivity index (χ0n) is 8.19. The Morgan fingerprint density at radius 1 is 1.43 bits per heavy atom. The second-order valence-electron chi connectivity index (χ2n) is 3.02.